The van der Waals surface area contributed by atoms with E-state index < -0.39 is 17.7 Å². The van der Waals surface area contributed by atoms with Crippen molar-refractivity contribution >= 4 is 28.8 Å². The monoisotopic (exact) mass is 408 g/mol. The standard InChI is InChI=1S/C21H20N4O3S/c1-12-16(13(2)24(3)23-12)19(26)17-18(15-7-5-9-29-15)25(21(28)20(17)27)11-14-6-4-8-22-10-14/h4-10,18,26H,11H2,1-3H3/t18-/m0/s1. The molecule has 1 saturated heterocycles. The topological polar surface area (TPSA) is 88.3 Å². The first kappa shape index (κ1) is 19.1. The van der Waals surface area contributed by atoms with Crippen LogP contribution >= 0.6 is 11.3 Å². The minimum atomic E-state index is -0.688. The molecule has 1 aliphatic rings. The zero-order chi connectivity index (χ0) is 20.7. The van der Waals surface area contributed by atoms with Crippen molar-refractivity contribution in [2.24, 2.45) is 7.05 Å². The molecule has 148 valence electrons. The summed E-state index contributed by atoms with van der Waals surface area (Å²) >= 11 is 1.44. The summed E-state index contributed by atoms with van der Waals surface area (Å²) < 4.78 is 1.65. The largest absolute Gasteiger partial charge is 0.507 e. The number of aryl methyl sites for hydroxylation is 2. The molecule has 0 radical (unpaired) electrons. The lowest BCUT2D eigenvalue weighted by Gasteiger charge is -2.24. The molecular formula is C21H20N4O3S. The Bertz CT molecular complexity index is 1120. The number of thiophene rings is 1. The minimum Gasteiger partial charge on any atom is -0.507 e. The average molecular weight is 408 g/mol. The maximum atomic E-state index is 13.0. The fourth-order valence-corrected chi connectivity index (χ4v) is 4.57. The second-order valence-corrected chi connectivity index (χ2v) is 7.95. The third kappa shape index (κ3) is 3.15. The zero-order valence-corrected chi connectivity index (χ0v) is 17.1. The summed E-state index contributed by atoms with van der Waals surface area (Å²) in [7, 11) is 1.77. The number of nitrogens with zero attached hydrogens (tertiary/aromatic N) is 4. The number of hydrogen-bond acceptors (Lipinski definition) is 6. The van der Waals surface area contributed by atoms with Gasteiger partial charge in [-0.15, -0.1) is 11.3 Å². The SMILES string of the molecule is Cc1nn(C)c(C)c1C(O)=C1C(=O)C(=O)N(Cc2cccnc2)[C@H]1c1cccs1. The normalized spacial score (nSPS) is 18.6. The van der Waals surface area contributed by atoms with E-state index in [2.05, 4.69) is 10.1 Å². The van der Waals surface area contributed by atoms with Gasteiger partial charge in [0.05, 0.1) is 22.9 Å². The summed E-state index contributed by atoms with van der Waals surface area (Å²) in [6.45, 7) is 3.82. The van der Waals surface area contributed by atoms with Crippen LogP contribution in [0.4, 0.5) is 0 Å². The molecule has 1 N–H and O–H groups in total. The van der Waals surface area contributed by atoms with Gasteiger partial charge < -0.3 is 10.0 Å². The van der Waals surface area contributed by atoms with E-state index in [1.54, 1.807) is 37.1 Å². The zero-order valence-electron chi connectivity index (χ0n) is 16.3. The number of aliphatic hydroxyl groups is 1. The van der Waals surface area contributed by atoms with E-state index in [1.165, 1.54) is 16.2 Å². The van der Waals surface area contributed by atoms with E-state index >= 15 is 0 Å². The number of hydrogen-bond donors (Lipinski definition) is 1. The third-order valence-corrected chi connectivity index (χ3v) is 6.10. The van der Waals surface area contributed by atoms with Crippen molar-refractivity contribution in [2.75, 3.05) is 0 Å². The summed E-state index contributed by atoms with van der Waals surface area (Å²) in [5.41, 5.74) is 2.73. The summed E-state index contributed by atoms with van der Waals surface area (Å²) in [5, 5.41) is 17.4. The molecule has 0 aliphatic carbocycles. The highest BCUT2D eigenvalue weighted by Gasteiger charge is 2.47. The quantitative estimate of drug-likeness (QED) is 0.407. The molecule has 0 bridgehead atoms. The molecule has 3 aromatic rings. The van der Waals surface area contributed by atoms with Crippen LogP contribution in [-0.4, -0.2) is 36.5 Å². The van der Waals surface area contributed by atoms with Crippen LogP contribution < -0.4 is 0 Å². The Hall–Kier alpha value is -3.26. The molecule has 0 saturated carbocycles. The van der Waals surface area contributed by atoms with Crippen LogP contribution in [0.2, 0.25) is 0 Å². The van der Waals surface area contributed by atoms with Crippen molar-refractivity contribution in [3.05, 3.63) is 75.0 Å². The molecule has 1 atom stereocenters. The van der Waals surface area contributed by atoms with E-state index in [0.29, 0.717) is 11.3 Å². The van der Waals surface area contributed by atoms with E-state index in [-0.39, 0.29) is 17.9 Å². The van der Waals surface area contributed by atoms with Crippen molar-refractivity contribution in [3.8, 4) is 0 Å². The second-order valence-electron chi connectivity index (χ2n) is 6.97. The number of carbonyl (C=O) groups excluding carboxylic acids is 2. The van der Waals surface area contributed by atoms with Gasteiger partial charge in [-0.2, -0.15) is 5.10 Å². The fourth-order valence-electron chi connectivity index (χ4n) is 3.73. The van der Waals surface area contributed by atoms with Crippen LogP contribution in [0.1, 0.15) is 33.4 Å². The highest BCUT2D eigenvalue weighted by atomic mass is 32.1. The maximum absolute atomic E-state index is 13.0. The molecule has 4 heterocycles. The van der Waals surface area contributed by atoms with Crippen molar-refractivity contribution in [3.63, 3.8) is 0 Å². The maximum Gasteiger partial charge on any atom is 0.295 e. The van der Waals surface area contributed by atoms with Crippen LogP contribution in [0.25, 0.3) is 5.76 Å². The Morgan fingerprint density at radius 2 is 2.03 bits per heavy atom. The molecule has 0 unspecified atom stereocenters. The smallest absolute Gasteiger partial charge is 0.295 e. The van der Waals surface area contributed by atoms with Crippen molar-refractivity contribution < 1.29 is 14.7 Å². The lowest BCUT2D eigenvalue weighted by atomic mass is 9.99. The lowest BCUT2D eigenvalue weighted by molar-refractivity contribution is -0.140. The van der Waals surface area contributed by atoms with Gasteiger partial charge in [0.2, 0.25) is 0 Å². The van der Waals surface area contributed by atoms with Crippen molar-refractivity contribution in [1.82, 2.24) is 19.7 Å². The van der Waals surface area contributed by atoms with Crippen LogP contribution in [0, 0.1) is 13.8 Å². The molecule has 0 aromatic carbocycles. The predicted octanol–water partition coefficient (Wildman–Crippen LogP) is 3.12. The van der Waals surface area contributed by atoms with Gasteiger partial charge in [-0.25, -0.2) is 0 Å². The van der Waals surface area contributed by atoms with Gasteiger partial charge in [0, 0.05) is 36.6 Å². The predicted molar refractivity (Wildman–Crippen MR) is 109 cm³/mol. The van der Waals surface area contributed by atoms with E-state index in [9.17, 15) is 14.7 Å². The molecule has 1 aliphatic heterocycles. The highest BCUT2D eigenvalue weighted by Crippen LogP contribution is 2.42. The molecule has 4 rings (SSSR count). The molecule has 8 heteroatoms. The van der Waals surface area contributed by atoms with Gasteiger partial charge >= 0.3 is 0 Å². The summed E-state index contributed by atoms with van der Waals surface area (Å²) in [6, 6.07) is 6.72. The highest BCUT2D eigenvalue weighted by molar-refractivity contribution is 7.10. The number of amides is 1. The average Bonchev–Trinajstić information content (AvgIpc) is 3.37. The van der Waals surface area contributed by atoms with Gasteiger partial charge in [-0.3, -0.25) is 19.3 Å². The summed E-state index contributed by atoms with van der Waals surface area (Å²) in [5.74, 6) is -1.50. The number of aliphatic hydroxyl groups excluding tert-OH is 1. The number of rotatable bonds is 4. The number of likely N-dealkylation sites (tertiary alicyclic amines) is 1. The Kier molecular flexibility index (Phi) is 4.79. The number of pyridine rings is 1. The number of Topliss-reactive ketones (excluding diaryl/α,β-unsaturated/α-hetero) is 1. The Labute approximate surface area is 171 Å². The van der Waals surface area contributed by atoms with Gasteiger partial charge in [-0.05, 0) is 36.9 Å². The second kappa shape index (κ2) is 7.29. The first-order valence-corrected chi connectivity index (χ1v) is 9.99. The van der Waals surface area contributed by atoms with Crippen molar-refractivity contribution in [2.45, 2.75) is 26.4 Å². The van der Waals surface area contributed by atoms with Gasteiger partial charge in [0.15, 0.2) is 0 Å². The van der Waals surface area contributed by atoms with E-state index in [4.69, 9.17) is 0 Å². The molecule has 3 aromatic heterocycles. The molecule has 1 fully saturated rings. The fraction of sp³-hybridized carbons (Fsp3) is 0.238. The first-order valence-electron chi connectivity index (χ1n) is 9.11. The van der Waals surface area contributed by atoms with Crippen LogP contribution in [0.3, 0.4) is 0 Å². The van der Waals surface area contributed by atoms with Crippen LogP contribution in [-0.2, 0) is 23.2 Å². The molecule has 29 heavy (non-hydrogen) atoms. The number of carbonyl (C=O) groups is 2. The van der Waals surface area contributed by atoms with Gasteiger partial charge in [0.25, 0.3) is 11.7 Å². The van der Waals surface area contributed by atoms with E-state index in [0.717, 1.165) is 16.1 Å². The minimum absolute atomic E-state index is 0.0977. The molecule has 1 amide bonds. The first-order chi connectivity index (χ1) is 13.9. The number of aromatic nitrogens is 3. The van der Waals surface area contributed by atoms with E-state index in [1.807, 2.05) is 30.5 Å². The van der Waals surface area contributed by atoms with Gasteiger partial charge in [-0.1, -0.05) is 12.1 Å². The number of ketones is 1. The third-order valence-electron chi connectivity index (χ3n) is 5.17. The van der Waals surface area contributed by atoms with Crippen LogP contribution in [0.5, 0.6) is 0 Å². The molecule has 0 spiro atoms. The van der Waals surface area contributed by atoms with Gasteiger partial charge in [0.1, 0.15) is 5.76 Å². The summed E-state index contributed by atoms with van der Waals surface area (Å²) in [4.78, 5) is 32.3. The van der Waals surface area contributed by atoms with Crippen LogP contribution in [0.15, 0.2) is 47.6 Å². The Morgan fingerprint density at radius 1 is 1.24 bits per heavy atom. The summed E-state index contributed by atoms with van der Waals surface area (Å²) in [6.07, 6.45) is 3.32. The lowest BCUT2D eigenvalue weighted by Crippen LogP contribution is -2.28. The Balaban J connectivity index is 1.88. The molecular weight excluding hydrogens is 388 g/mol. The molecule has 7 nitrogen and oxygen atoms in total. The Morgan fingerprint density at radius 3 is 2.62 bits per heavy atom. The van der Waals surface area contributed by atoms with Crippen molar-refractivity contribution in [1.29, 1.82) is 0 Å².